The maximum atomic E-state index is 4.72. The molecule has 0 fully saturated rings. The second-order valence-corrected chi connectivity index (χ2v) is 6.91. The van der Waals surface area contributed by atoms with E-state index in [4.69, 9.17) is 4.99 Å². The van der Waals surface area contributed by atoms with Crippen LogP contribution in [0, 0.1) is 0 Å². The van der Waals surface area contributed by atoms with E-state index in [1.807, 2.05) is 35.9 Å². The number of hydrogen-bond acceptors (Lipinski definition) is 4. The van der Waals surface area contributed by atoms with E-state index >= 15 is 0 Å². The van der Waals surface area contributed by atoms with Crippen molar-refractivity contribution in [2.24, 2.45) is 4.99 Å². The summed E-state index contributed by atoms with van der Waals surface area (Å²) in [7, 11) is 0. The van der Waals surface area contributed by atoms with E-state index in [0.29, 0.717) is 0 Å². The van der Waals surface area contributed by atoms with Crippen LogP contribution in [-0.2, 0) is 12.2 Å². The Morgan fingerprint density at radius 2 is 1.95 bits per heavy atom. The van der Waals surface area contributed by atoms with Crippen LogP contribution in [0.25, 0.3) is 0 Å². The minimum absolute atomic E-state index is 1.05. The zero-order valence-corrected chi connectivity index (χ0v) is 12.8. The van der Waals surface area contributed by atoms with Gasteiger partial charge in [-0.05, 0) is 42.2 Å². The largest absolute Gasteiger partial charge is 0.265 e. The molecular weight excluding hydrogens is 284 g/mol. The molecule has 20 heavy (non-hydrogen) atoms. The highest BCUT2D eigenvalue weighted by Gasteiger charge is 2.11. The van der Waals surface area contributed by atoms with Crippen LogP contribution < -0.4 is 0 Å². The molecule has 1 aliphatic heterocycles. The molecule has 4 heteroatoms. The van der Waals surface area contributed by atoms with E-state index in [-0.39, 0.29) is 0 Å². The minimum atomic E-state index is 1.05. The summed E-state index contributed by atoms with van der Waals surface area (Å²) in [5.74, 6) is 2.17. The number of aryl methyl sites for hydroxylation is 1. The molecule has 0 saturated carbocycles. The molecule has 0 atom stereocenters. The summed E-state index contributed by atoms with van der Waals surface area (Å²) in [6.07, 6.45) is 6.01. The number of nitrogens with zero attached hydrogens (tertiary/aromatic N) is 2. The predicted octanol–water partition coefficient (Wildman–Crippen LogP) is 4.68. The van der Waals surface area contributed by atoms with E-state index in [0.717, 1.165) is 23.6 Å². The van der Waals surface area contributed by atoms with Crippen LogP contribution >= 0.6 is 23.5 Å². The summed E-state index contributed by atoms with van der Waals surface area (Å²) < 4.78 is 1.21. The van der Waals surface area contributed by atoms with E-state index in [9.17, 15) is 0 Å². The minimum Gasteiger partial charge on any atom is -0.265 e. The predicted molar refractivity (Wildman–Crippen MR) is 89.8 cm³/mol. The highest BCUT2D eigenvalue weighted by Crippen LogP contribution is 2.34. The molecule has 0 N–H and O–H groups in total. The lowest BCUT2D eigenvalue weighted by Crippen LogP contribution is -1.97. The fourth-order valence-corrected chi connectivity index (χ4v) is 4.14. The van der Waals surface area contributed by atoms with Gasteiger partial charge in [0.25, 0.3) is 0 Å². The average molecular weight is 300 g/mol. The van der Waals surface area contributed by atoms with E-state index in [2.05, 4.69) is 41.4 Å². The zero-order valence-electron chi connectivity index (χ0n) is 11.2. The smallest absolute Gasteiger partial charge is 0.130 e. The van der Waals surface area contributed by atoms with Gasteiger partial charge in [0.15, 0.2) is 0 Å². The summed E-state index contributed by atoms with van der Waals surface area (Å²) in [5, 5.41) is 0. The monoisotopic (exact) mass is 300 g/mol. The van der Waals surface area contributed by atoms with Crippen molar-refractivity contribution in [3.05, 3.63) is 59.9 Å². The van der Waals surface area contributed by atoms with Crippen molar-refractivity contribution < 1.29 is 0 Å². The van der Waals surface area contributed by atoms with Crippen LogP contribution in [-0.4, -0.2) is 15.1 Å². The van der Waals surface area contributed by atoms with Gasteiger partial charge in [-0.3, -0.25) is 4.98 Å². The third kappa shape index (κ3) is 3.64. The molecule has 2 nitrogen and oxygen atoms in total. The van der Waals surface area contributed by atoms with Gasteiger partial charge in [-0.1, -0.05) is 41.7 Å². The van der Waals surface area contributed by atoms with Gasteiger partial charge in [0.2, 0.25) is 0 Å². The SMILES string of the molecule is c1ccc2c(c1)CSC(SCCCc1ccncc1)=N2. The van der Waals surface area contributed by atoms with Crippen molar-refractivity contribution in [3.8, 4) is 0 Å². The third-order valence-corrected chi connectivity index (χ3v) is 5.47. The standard InChI is InChI=1S/C16H16N2S2/c1-2-6-15-14(5-1)12-20-16(18-15)19-11-3-4-13-7-9-17-10-8-13/h1-2,5-10H,3-4,11-12H2. The molecule has 0 unspecified atom stereocenters. The summed E-state index contributed by atoms with van der Waals surface area (Å²) >= 11 is 3.73. The van der Waals surface area contributed by atoms with Crippen molar-refractivity contribution in [1.29, 1.82) is 0 Å². The number of aliphatic imine (C=N–C) groups is 1. The average Bonchev–Trinajstić information content (AvgIpc) is 2.52. The Kier molecular flexibility index (Phi) is 4.77. The van der Waals surface area contributed by atoms with Crippen molar-refractivity contribution in [1.82, 2.24) is 4.98 Å². The Morgan fingerprint density at radius 1 is 1.10 bits per heavy atom. The second kappa shape index (κ2) is 6.95. The van der Waals surface area contributed by atoms with E-state index in [1.165, 1.54) is 21.9 Å². The van der Waals surface area contributed by atoms with Crippen LogP contribution in [0.2, 0.25) is 0 Å². The Hall–Kier alpha value is -1.26. The van der Waals surface area contributed by atoms with Gasteiger partial charge in [-0.15, -0.1) is 0 Å². The number of pyridine rings is 1. The molecule has 1 aromatic heterocycles. The number of benzene rings is 1. The maximum Gasteiger partial charge on any atom is 0.130 e. The van der Waals surface area contributed by atoms with Gasteiger partial charge in [0.1, 0.15) is 4.38 Å². The van der Waals surface area contributed by atoms with Gasteiger partial charge in [-0.2, -0.15) is 0 Å². The second-order valence-electron chi connectivity index (χ2n) is 4.60. The fraction of sp³-hybridized carbons (Fsp3) is 0.250. The molecule has 0 amide bonds. The summed E-state index contributed by atoms with van der Waals surface area (Å²) in [6, 6.07) is 12.6. The molecule has 0 saturated heterocycles. The zero-order chi connectivity index (χ0) is 13.6. The Bertz CT molecular complexity index is 596. The molecule has 1 aromatic carbocycles. The maximum absolute atomic E-state index is 4.72. The Balaban J connectivity index is 1.49. The van der Waals surface area contributed by atoms with Gasteiger partial charge in [0.05, 0.1) is 5.69 Å². The molecule has 2 aromatic rings. The van der Waals surface area contributed by atoms with Gasteiger partial charge in [-0.25, -0.2) is 4.99 Å². The molecule has 2 heterocycles. The van der Waals surface area contributed by atoms with Crippen LogP contribution in [0.15, 0.2) is 53.8 Å². The lowest BCUT2D eigenvalue weighted by Gasteiger charge is -2.14. The Labute approximate surface area is 128 Å². The molecule has 0 bridgehead atoms. The first-order valence-electron chi connectivity index (χ1n) is 6.73. The molecule has 102 valence electrons. The number of para-hydroxylation sites is 1. The van der Waals surface area contributed by atoms with Crippen molar-refractivity contribution >= 4 is 33.6 Å². The molecular formula is C16H16N2S2. The number of hydrogen-bond donors (Lipinski definition) is 0. The van der Waals surface area contributed by atoms with Crippen LogP contribution in [0.5, 0.6) is 0 Å². The lowest BCUT2D eigenvalue weighted by atomic mass is 10.2. The summed E-state index contributed by atoms with van der Waals surface area (Å²) in [5.41, 5.74) is 3.85. The summed E-state index contributed by atoms with van der Waals surface area (Å²) in [4.78, 5) is 8.76. The van der Waals surface area contributed by atoms with E-state index in [1.54, 1.807) is 0 Å². The highest BCUT2D eigenvalue weighted by atomic mass is 32.2. The van der Waals surface area contributed by atoms with Gasteiger partial charge >= 0.3 is 0 Å². The molecule has 1 aliphatic rings. The molecule has 0 radical (unpaired) electrons. The number of thioether (sulfide) groups is 2. The highest BCUT2D eigenvalue weighted by molar-refractivity contribution is 8.38. The summed E-state index contributed by atoms with van der Waals surface area (Å²) in [6.45, 7) is 0. The molecule has 0 aliphatic carbocycles. The van der Waals surface area contributed by atoms with Crippen LogP contribution in [0.3, 0.4) is 0 Å². The molecule has 3 rings (SSSR count). The number of aromatic nitrogens is 1. The first-order chi connectivity index (χ1) is 9.92. The number of rotatable bonds is 4. The Morgan fingerprint density at radius 3 is 2.85 bits per heavy atom. The fourth-order valence-electron chi connectivity index (χ4n) is 2.07. The van der Waals surface area contributed by atoms with E-state index < -0.39 is 0 Å². The molecule has 0 spiro atoms. The van der Waals surface area contributed by atoms with Crippen molar-refractivity contribution in [2.45, 2.75) is 18.6 Å². The lowest BCUT2D eigenvalue weighted by molar-refractivity contribution is 0.931. The van der Waals surface area contributed by atoms with Gasteiger partial charge in [0, 0.05) is 23.9 Å². The van der Waals surface area contributed by atoms with Crippen molar-refractivity contribution in [3.63, 3.8) is 0 Å². The quantitative estimate of drug-likeness (QED) is 0.766. The first-order valence-corrected chi connectivity index (χ1v) is 8.70. The third-order valence-electron chi connectivity index (χ3n) is 3.14. The van der Waals surface area contributed by atoms with Crippen LogP contribution in [0.4, 0.5) is 5.69 Å². The number of fused-ring (bicyclic) bond motifs is 1. The van der Waals surface area contributed by atoms with Crippen LogP contribution in [0.1, 0.15) is 17.5 Å². The van der Waals surface area contributed by atoms with Crippen molar-refractivity contribution in [2.75, 3.05) is 5.75 Å². The topological polar surface area (TPSA) is 25.2 Å². The first kappa shape index (κ1) is 13.7. The van der Waals surface area contributed by atoms with Gasteiger partial charge < -0.3 is 0 Å². The normalized spacial score (nSPS) is 13.7.